The molecule has 1 aromatic rings. The van der Waals surface area contributed by atoms with Crippen molar-refractivity contribution in [2.75, 3.05) is 17.8 Å². The van der Waals surface area contributed by atoms with Crippen LogP contribution in [0, 0.1) is 0 Å². The molecule has 0 radical (unpaired) electrons. The molecular formula is C9H13ClN4O2S. The highest BCUT2D eigenvalue weighted by atomic mass is 35.5. The van der Waals surface area contributed by atoms with E-state index in [0.29, 0.717) is 13.1 Å². The number of aromatic nitrogens is 2. The molecule has 6 nitrogen and oxygen atoms in total. The van der Waals surface area contributed by atoms with Gasteiger partial charge in [0.25, 0.3) is 0 Å². The summed E-state index contributed by atoms with van der Waals surface area (Å²) < 4.78 is 27.7. The van der Waals surface area contributed by atoms with E-state index in [1.165, 1.54) is 16.7 Å². The third kappa shape index (κ3) is 3.27. The molecule has 0 aliphatic carbocycles. The highest BCUT2D eigenvalue weighted by Crippen LogP contribution is 2.15. The first kappa shape index (κ1) is 12.5. The van der Waals surface area contributed by atoms with Crippen molar-refractivity contribution in [1.82, 2.24) is 14.3 Å². The summed E-state index contributed by atoms with van der Waals surface area (Å²) in [4.78, 5) is 7.61. The summed E-state index contributed by atoms with van der Waals surface area (Å²) in [6.07, 6.45) is 5.46. The zero-order valence-electron chi connectivity index (χ0n) is 9.13. The van der Waals surface area contributed by atoms with Gasteiger partial charge in [0, 0.05) is 13.1 Å². The smallest absolute Gasteiger partial charge is 0.253 e. The van der Waals surface area contributed by atoms with Gasteiger partial charge in [-0.25, -0.2) is 9.97 Å². The van der Waals surface area contributed by atoms with Crippen molar-refractivity contribution >= 4 is 27.6 Å². The van der Waals surface area contributed by atoms with Gasteiger partial charge in [-0.3, -0.25) is 4.72 Å². The van der Waals surface area contributed by atoms with Crippen LogP contribution in [-0.2, 0) is 10.2 Å². The number of halogens is 1. The number of piperidine rings is 1. The number of nitrogens with zero attached hydrogens (tertiary/aromatic N) is 3. The lowest BCUT2D eigenvalue weighted by Gasteiger charge is -2.25. The Kier molecular flexibility index (Phi) is 3.80. The summed E-state index contributed by atoms with van der Waals surface area (Å²) in [7, 11) is -3.51. The van der Waals surface area contributed by atoms with Crippen molar-refractivity contribution < 1.29 is 8.42 Å². The summed E-state index contributed by atoms with van der Waals surface area (Å²) in [5.74, 6) is 0.181. The van der Waals surface area contributed by atoms with Crippen molar-refractivity contribution in [1.29, 1.82) is 0 Å². The maximum atomic E-state index is 12.0. The highest BCUT2D eigenvalue weighted by Gasteiger charge is 2.23. The first-order chi connectivity index (χ1) is 8.08. The molecule has 8 heteroatoms. The maximum absolute atomic E-state index is 12.0. The first-order valence-corrected chi connectivity index (χ1v) is 7.15. The number of nitrogens with one attached hydrogen (secondary N) is 1. The fraction of sp³-hybridized carbons (Fsp3) is 0.556. The average molecular weight is 277 g/mol. The Balaban J connectivity index is 2.08. The van der Waals surface area contributed by atoms with Gasteiger partial charge in [0.1, 0.15) is 5.15 Å². The second-order valence-corrected chi connectivity index (χ2v) is 5.85. The van der Waals surface area contributed by atoms with Gasteiger partial charge in [-0.15, -0.1) is 0 Å². The Morgan fingerprint density at radius 1 is 1.18 bits per heavy atom. The molecule has 1 saturated heterocycles. The molecule has 0 atom stereocenters. The lowest BCUT2D eigenvalue weighted by molar-refractivity contribution is 0.349. The van der Waals surface area contributed by atoms with Gasteiger partial charge >= 0.3 is 10.2 Å². The van der Waals surface area contributed by atoms with Crippen LogP contribution in [0.2, 0.25) is 5.15 Å². The molecule has 0 bridgehead atoms. The molecule has 0 unspecified atom stereocenters. The minimum absolute atomic E-state index is 0.181. The third-order valence-corrected chi connectivity index (χ3v) is 4.22. The largest absolute Gasteiger partial charge is 0.302 e. The summed E-state index contributed by atoms with van der Waals surface area (Å²) in [6, 6.07) is 0. The topological polar surface area (TPSA) is 75.2 Å². The van der Waals surface area contributed by atoms with E-state index in [9.17, 15) is 8.42 Å². The molecule has 1 aliphatic heterocycles. The van der Waals surface area contributed by atoms with Crippen LogP contribution in [0.4, 0.5) is 5.82 Å². The van der Waals surface area contributed by atoms with Crippen LogP contribution in [0.3, 0.4) is 0 Å². The minimum atomic E-state index is -3.51. The molecule has 94 valence electrons. The van der Waals surface area contributed by atoms with Gasteiger partial charge in [0.05, 0.1) is 12.4 Å². The Morgan fingerprint density at radius 2 is 1.88 bits per heavy atom. The molecular weight excluding hydrogens is 264 g/mol. The summed E-state index contributed by atoms with van der Waals surface area (Å²) in [5.41, 5.74) is 0. The SMILES string of the molecule is O=S(=O)(Nc1cnc(Cl)cn1)N1CCCCC1. The lowest BCUT2D eigenvalue weighted by Crippen LogP contribution is -2.39. The zero-order chi connectivity index (χ0) is 12.3. The van der Waals surface area contributed by atoms with E-state index in [1.54, 1.807) is 0 Å². The van der Waals surface area contributed by atoms with Crippen LogP contribution < -0.4 is 4.72 Å². The quantitative estimate of drug-likeness (QED) is 0.902. The van der Waals surface area contributed by atoms with E-state index >= 15 is 0 Å². The molecule has 1 fully saturated rings. The molecule has 0 spiro atoms. The predicted octanol–water partition coefficient (Wildman–Crippen LogP) is 1.27. The van der Waals surface area contributed by atoms with Crippen LogP contribution in [-0.4, -0.2) is 35.8 Å². The fourth-order valence-corrected chi connectivity index (χ4v) is 3.00. The molecule has 17 heavy (non-hydrogen) atoms. The van der Waals surface area contributed by atoms with Crippen LogP contribution in [0.5, 0.6) is 0 Å². The van der Waals surface area contributed by atoms with Gasteiger partial charge in [-0.2, -0.15) is 12.7 Å². The van der Waals surface area contributed by atoms with Crippen LogP contribution in [0.1, 0.15) is 19.3 Å². The lowest BCUT2D eigenvalue weighted by atomic mass is 10.2. The molecule has 0 amide bonds. The predicted molar refractivity (Wildman–Crippen MR) is 65.0 cm³/mol. The Bertz CT molecular complexity index is 470. The van der Waals surface area contributed by atoms with E-state index in [0.717, 1.165) is 19.3 Å². The van der Waals surface area contributed by atoms with Crippen molar-refractivity contribution in [3.63, 3.8) is 0 Å². The summed E-state index contributed by atoms with van der Waals surface area (Å²) in [6.45, 7) is 1.10. The fourth-order valence-electron chi connectivity index (χ4n) is 1.67. The zero-order valence-corrected chi connectivity index (χ0v) is 10.7. The maximum Gasteiger partial charge on any atom is 0.302 e. The standard InChI is InChI=1S/C9H13ClN4O2S/c10-8-6-12-9(7-11-8)13-17(15,16)14-4-2-1-3-5-14/h6-7H,1-5H2,(H,12,13). The first-order valence-electron chi connectivity index (χ1n) is 5.33. The second-order valence-electron chi connectivity index (χ2n) is 3.79. The van der Waals surface area contributed by atoms with Crippen LogP contribution in [0.15, 0.2) is 12.4 Å². The monoisotopic (exact) mass is 276 g/mol. The van der Waals surface area contributed by atoms with E-state index in [-0.39, 0.29) is 11.0 Å². The highest BCUT2D eigenvalue weighted by molar-refractivity contribution is 7.90. The Morgan fingerprint density at radius 3 is 2.47 bits per heavy atom. The number of anilines is 1. The average Bonchev–Trinajstić information content (AvgIpc) is 2.33. The van der Waals surface area contributed by atoms with Crippen molar-refractivity contribution in [3.8, 4) is 0 Å². The molecule has 0 aromatic carbocycles. The molecule has 0 saturated carbocycles. The molecule has 1 aromatic heterocycles. The van der Waals surface area contributed by atoms with E-state index in [4.69, 9.17) is 11.6 Å². The Labute approximate surface area is 105 Å². The molecule has 1 N–H and O–H groups in total. The number of hydrogen-bond donors (Lipinski definition) is 1. The minimum Gasteiger partial charge on any atom is -0.253 e. The Hall–Kier alpha value is -0.920. The van der Waals surface area contributed by atoms with Crippen molar-refractivity contribution in [2.45, 2.75) is 19.3 Å². The van der Waals surface area contributed by atoms with Crippen molar-refractivity contribution in [2.24, 2.45) is 0 Å². The third-order valence-electron chi connectivity index (χ3n) is 2.51. The second kappa shape index (κ2) is 5.16. The summed E-state index contributed by atoms with van der Waals surface area (Å²) in [5, 5.41) is 0.228. The van der Waals surface area contributed by atoms with Gasteiger partial charge < -0.3 is 0 Å². The van der Waals surface area contributed by atoms with Gasteiger partial charge in [0.2, 0.25) is 0 Å². The number of hydrogen-bond acceptors (Lipinski definition) is 4. The van der Waals surface area contributed by atoms with Crippen molar-refractivity contribution in [3.05, 3.63) is 17.5 Å². The van der Waals surface area contributed by atoms with E-state index < -0.39 is 10.2 Å². The van der Waals surface area contributed by atoms with Gasteiger partial charge in [-0.1, -0.05) is 18.0 Å². The van der Waals surface area contributed by atoms with E-state index in [2.05, 4.69) is 14.7 Å². The number of rotatable bonds is 3. The summed E-state index contributed by atoms with van der Waals surface area (Å²) >= 11 is 5.57. The normalized spacial score (nSPS) is 17.9. The van der Waals surface area contributed by atoms with E-state index in [1.807, 2.05) is 0 Å². The van der Waals surface area contributed by atoms with Gasteiger partial charge in [0.15, 0.2) is 5.82 Å². The molecule has 2 heterocycles. The van der Waals surface area contributed by atoms with Crippen LogP contribution >= 0.6 is 11.6 Å². The molecule has 2 rings (SSSR count). The molecule has 1 aliphatic rings. The van der Waals surface area contributed by atoms with Gasteiger partial charge in [-0.05, 0) is 12.8 Å². The van der Waals surface area contributed by atoms with Crippen LogP contribution in [0.25, 0.3) is 0 Å².